The molecule has 0 spiro atoms. The average molecular weight is 273 g/mol. The quantitative estimate of drug-likeness (QED) is 0.623. The summed E-state index contributed by atoms with van der Waals surface area (Å²) in [6.07, 6.45) is 2.20. The molecule has 0 fully saturated rings. The van der Waals surface area contributed by atoms with E-state index >= 15 is 0 Å². The van der Waals surface area contributed by atoms with E-state index in [2.05, 4.69) is 4.98 Å². The number of pyridine rings is 1. The molecule has 20 heavy (non-hydrogen) atoms. The van der Waals surface area contributed by atoms with Crippen LogP contribution in [0.3, 0.4) is 0 Å². The molecule has 0 unspecified atom stereocenters. The fourth-order valence-corrected chi connectivity index (χ4v) is 2.48. The van der Waals surface area contributed by atoms with E-state index in [1.807, 2.05) is 4.90 Å². The molecule has 1 aromatic carbocycles. The van der Waals surface area contributed by atoms with Crippen molar-refractivity contribution >= 4 is 11.5 Å². The topological polar surface area (TPSA) is 59.3 Å². The number of hydrogen-bond donors (Lipinski definition) is 0. The molecule has 2 heterocycles. The van der Waals surface area contributed by atoms with Gasteiger partial charge in [0.15, 0.2) is 0 Å². The smallest absolute Gasteiger partial charge is 0.311 e. The summed E-state index contributed by atoms with van der Waals surface area (Å²) in [7, 11) is 0. The second-order valence-electron chi connectivity index (χ2n) is 4.69. The monoisotopic (exact) mass is 273 g/mol. The summed E-state index contributed by atoms with van der Waals surface area (Å²) in [5.41, 5.74) is 1.94. The van der Waals surface area contributed by atoms with E-state index < -0.39 is 4.92 Å². The lowest BCUT2D eigenvalue weighted by atomic mass is 9.99. The Kier molecular flexibility index (Phi) is 3.06. The van der Waals surface area contributed by atoms with Crippen LogP contribution in [0.2, 0.25) is 0 Å². The first-order valence-corrected chi connectivity index (χ1v) is 6.27. The van der Waals surface area contributed by atoms with E-state index in [1.165, 1.54) is 18.2 Å². The largest absolute Gasteiger partial charge is 0.346 e. The summed E-state index contributed by atoms with van der Waals surface area (Å²) in [6.45, 7) is 1.10. The maximum Gasteiger partial charge on any atom is 0.311 e. The number of aromatic nitrogens is 1. The van der Waals surface area contributed by atoms with Gasteiger partial charge in [0.05, 0.1) is 4.92 Å². The highest BCUT2D eigenvalue weighted by molar-refractivity contribution is 5.58. The van der Waals surface area contributed by atoms with Crippen LogP contribution in [0.25, 0.3) is 0 Å². The number of rotatable bonds is 2. The molecule has 1 aromatic heterocycles. The van der Waals surface area contributed by atoms with Crippen LogP contribution in [-0.4, -0.2) is 16.5 Å². The van der Waals surface area contributed by atoms with Gasteiger partial charge in [-0.15, -0.1) is 0 Å². The number of halogens is 1. The van der Waals surface area contributed by atoms with Crippen molar-refractivity contribution < 1.29 is 9.31 Å². The Bertz CT molecular complexity index is 675. The Labute approximate surface area is 114 Å². The van der Waals surface area contributed by atoms with E-state index in [0.29, 0.717) is 25.3 Å². The third-order valence-electron chi connectivity index (χ3n) is 3.44. The average Bonchev–Trinajstić information content (AvgIpc) is 2.46. The van der Waals surface area contributed by atoms with Gasteiger partial charge in [-0.2, -0.15) is 0 Å². The highest BCUT2D eigenvalue weighted by Gasteiger charge is 2.24. The van der Waals surface area contributed by atoms with Crippen molar-refractivity contribution in [2.75, 3.05) is 11.4 Å². The van der Waals surface area contributed by atoms with Gasteiger partial charge in [0.25, 0.3) is 0 Å². The van der Waals surface area contributed by atoms with Crippen LogP contribution in [-0.2, 0) is 13.0 Å². The van der Waals surface area contributed by atoms with Gasteiger partial charge in [-0.25, -0.2) is 9.37 Å². The van der Waals surface area contributed by atoms with Crippen molar-refractivity contribution in [3.63, 3.8) is 0 Å². The molecular weight excluding hydrogens is 261 g/mol. The predicted molar refractivity (Wildman–Crippen MR) is 72.0 cm³/mol. The zero-order chi connectivity index (χ0) is 14.1. The second-order valence-corrected chi connectivity index (χ2v) is 4.69. The van der Waals surface area contributed by atoms with Crippen LogP contribution >= 0.6 is 0 Å². The molecule has 5 nitrogen and oxygen atoms in total. The summed E-state index contributed by atoms with van der Waals surface area (Å²) in [6, 6.07) is 7.66. The fourth-order valence-electron chi connectivity index (χ4n) is 2.48. The van der Waals surface area contributed by atoms with Crippen LogP contribution < -0.4 is 4.90 Å². The van der Waals surface area contributed by atoms with E-state index in [9.17, 15) is 14.5 Å². The zero-order valence-corrected chi connectivity index (χ0v) is 10.6. The molecule has 0 radical (unpaired) electrons. The Morgan fingerprint density at radius 2 is 2.15 bits per heavy atom. The minimum atomic E-state index is -0.428. The van der Waals surface area contributed by atoms with Crippen molar-refractivity contribution in [1.82, 2.24) is 4.98 Å². The van der Waals surface area contributed by atoms with E-state index in [1.54, 1.807) is 18.3 Å². The Morgan fingerprint density at radius 1 is 1.30 bits per heavy atom. The molecule has 0 N–H and O–H groups in total. The summed E-state index contributed by atoms with van der Waals surface area (Å²) in [5, 5.41) is 11.0. The van der Waals surface area contributed by atoms with Crippen LogP contribution in [0.4, 0.5) is 15.9 Å². The van der Waals surface area contributed by atoms with E-state index in [4.69, 9.17) is 0 Å². The van der Waals surface area contributed by atoms with Crippen LogP contribution in [0.15, 0.2) is 36.5 Å². The highest BCUT2D eigenvalue weighted by Crippen LogP contribution is 2.29. The molecule has 1 aliphatic heterocycles. The lowest BCUT2D eigenvalue weighted by molar-refractivity contribution is -0.384. The maximum absolute atomic E-state index is 13.2. The molecule has 3 rings (SSSR count). The normalized spacial score (nSPS) is 13.9. The zero-order valence-electron chi connectivity index (χ0n) is 10.6. The first kappa shape index (κ1) is 12.5. The molecule has 6 heteroatoms. The molecule has 2 aromatic rings. The fraction of sp³-hybridized carbons (Fsp3) is 0.214. The molecule has 102 valence electrons. The first-order chi connectivity index (χ1) is 9.65. The SMILES string of the molecule is O=[N+]([O-])c1cccnc1N1CCc2cc(F)ccc2C1. The number of anilines is 1. The third-order valence-corrected chi connectivity index (χ3v) is 3.44. The van der Waals surface area contributed by atoms with Gasteiger partial charge in [0, 0.05) is 25.4 Å². The van der Waals surface area contributed by atoms with E-state index in [-0.39, 0.29) is 11.5 Å². The van der Waals surface area contributed by atoms with Crippen molar-refractivity contribution in [3.8, 4) is 0 Å². The standard InChI is InChI=1S/C14H12FN3O2/c15-12-4-3-11-9-17(7-5-10(11)8-12)14-13(18(19)20)2-1-6-16-14/h1-4,6,8H,5,7,9H2. The number of nitro groups is 1. The maximum atomic E-state index is 13.2. The molecular formula is C14H12FN3O2. The van der Waals surface area contributed by atoms with Gasteiger partial charge in [-0.3, -0.25) is 10.1 Å². The van der Waals surface area contributed by atoms with Crippen molar-refractivity contribution in [1.29, 1.82) is 0 Å². The van der Waals surface area contributed by atoms with Crippen LogP contribution in [0.5, 0.6) is 0 Å². The third kappa shape index (κ3) is 2.20. The molecule has 0 amide bonds. The number of nitrogens with zero attached hydrogens (tertiary/aromatic N) is 3. The lowest BCUT2D eigenvalue weighted by Gasteiger charge is -2.29. The second kappa shape index (κ2) is 4.88. The molecule has 0 saturated carbocycles. The van der Waals surface area contributed by atoms with Gasteiger partial charge in [-0.1, -0.05) is 6.07 Å². The molecule has 0 bridgehead atoms. The van der Waals surface area contributed by atoms with Gasteiger partial charge < -0.3 is 4.90 Å². The van der Waals surface area contributed by atoms with Gasteiger partial charge in [0.2, 0.25) is 5.82 Å². The van der Waals surface area contributed by atoms with E-state index in [0.717, 1.165) is 11.1 Å². The van der Waals surface area contributed by atoms with Crippen molar-refractivity contribution in [2.45, 2.75) is 13.0 Å². The highest BCUT2D eigenvalue weighted by atomic mass is 19.1. The molecule has 0 saturated heterocycles. The van der Waals surface area contributed by atoms with Crippen LogP contribution in [0, 0.1) is 15.9 Å². The molecule has 0 atom stereocenters. The van der Waals surface area contributed by atoms with Crippen LogP contribution in [0.1, 0.15) is 11.1 Å². The Hall–Kier alpha value is -2.50. The van der Waals surface area contributed by atoms with Gasteiger partial charge >= 0.3 is 5.69 Å². The summed E-state index contributed by atoms with van der Waals surface area (Å²) >= 11 is 0. The Morgan fingerprint density at radius 3 is 2.95 bits per heavy atom. The Balaban J connectivity index is 1.95. The lowest BCUT2D eigenvalue weighted by Crippen LogP contribution is -2.31. The van der Waals surface area contributed by atoms with Crippen molar-refractivity contribution in [2.24, 2.45) is 0 Å². The van der Waals surface area contributed by atoms with Gasteiger partial charge in [0.1, 0.15) is 5.82 Å². The summed E-state index contributed by atoms with van der Waals surface area (Å²) in [4.78, 5) is 16.6. The minimum absolute atomic E-state index is 0.00179. The molecule has 1 aliphatic rings. The number of hydrogen-bond acceptors (Lipinski definition) is 4. The van der Waals surface area contributed by atoms with Gasteiger partial charge in [-0.05, 0) is 35.7 Å². The molecule has 0 aliphatic carbocycles. The minimum Gasteiger partial charge on any atom is -0.346 e. The van der Waals surface area contributed by atoms with Crippen molar-refractivity contribution in [3.05, 3.63) is 63.6 Å². The predicted octanol–water partition coefficient (Wildman–Crippen LogP) is 2.69. The summed E-state index contributed by atoms with van der Waals surface area (Å²) < 4.78 is 13.2. The first-order valence-electron chi connectivity index (χ1n) is 6.27. The summed E-state index contributed by atoms with van der Waals surface area (Å²) in [5.74, 6) is 0.119. The number of fused-ring (bicyclic) bond motifs is 1. The number of benzene rings is 1.